The smallest absolute Gasteiger partial charge is 0.117 e. The summed E-state index contributed by atoms with van der Waals surface area (Å²) in [6, 6.07) is 0. The van der Waals surface area contributed by atoms with Gasteiger partial charge >= 0.3 is 0 Å². The van der Waals surface area contributed by atoms with Crippen LogP contribution in [0.1, 0.15) is 27.7 Å². The molecule has 0 heterocycles. The summed E-state index contributed by atoms with van der Waals surface area (Å²) in [7, 11) is 1.66. The lowest BCUT2D eigenvalue weighted by molar-refractivity contribution is 0.300. The maximum absolute atomic E-state index is 5.06. The number of hydrogen-bond donors (Lipinski definition) is 0. The Morgan fingerprint density at radius 3 is 2.08 bits per heavy atom. The molecule has 0 rings (SSSR count). The van der Waals surface area contributed by atoms with E-state index in [1.54, 1.807) is 13.2 Å². The van der Waals surface area contributed by atoms with Gasteiger partial charge in [-0.3, -0.25) is 0 Å². The molecule has 1 heteroatoms. The molecule has 0 amide bonds. The summed E-state index contributed by atoms with van der Waals surface area (Å²) < 4.78 is 5.06. The molecule has 70 valence electrons. The van der Waals surface area contributed by atoms with Gasteiger partial charge in [-0.25, -0.2) is 0 Å². The maximum Gasteiger partial charge on any atom is 0.117 e. The van der Waals surface area contributed by atoms with Crippen LogP contribution in [0.25, 0.3) is 0 Å². The lowest BCUT2D eigenvalue weighted by atomic mass is 10.2. The summed E-state index contributed by atoms with van der Waals surface area (Å²) in [6.07, 6.45) is 5.59. The van der Waals surface area contributed by atoms with E-state index in [1.807, 2.05) is 39.8 Å². The highest BCUT2D eigenvalue weighted by Gasteiger charge is 1.93. The van der Waals surface area contributed by atoms with Gasteiger partial charge in [-0.1, -0.05) is 32.6 Å². The molecular weight excluding hydrogens is 148 g/mol. The summed E-state index contributed by atoms with van der Waals surface area (Å²) in [4.78, 5) is 0. The third kappa shape index (κ3) is 5.78. The van der Waals surface area contributed by atoms with Gasteiger partial charge in [0.2, 0.25) is 0 Å². The molecule has 0 bridgehead atoms. The molecule has 0 aliphatic rings. The number of ether oxygens (including phenoxy) is 1. The number of allylic oxidation sites excluding steroid dienone is 4. The molecule has 0 N–H and O–H groups in total. The molecule has 0 fully saturated rings. The van der Waals surface area contributed by atoms with Gasteiger partial charge in [0.15, 0.2) is 0 Å². The molecule has 1 nitrogen and oxygen atoms in total. The Balaban J connectivity index is 0. The monoisotopic (exact) mass is 168 g/mol. The van der Waals surface area contributed by atoms with E-state index in [9.17, 15) is 0 Å². The van der Waals surface area contributed by atoms with Gasteiger partial charge in [-0.2, -0.15) is 0 Å². The zero-order valence-corrected chi connectivity index (χ0v) is 8.85. The van der Waals surface area contributed by atoms with E-state index in [0.29, 0.717) is 0 Å². The van der Waals surface area contributed by atoms with Crippen molar-refractivity contribution in [2.24, 2.45) is 0 Å². The highest BCUT2D eigenvalue weighted by Crippen LogP contribution is 2.08. The number of methoxy groups -OCH3 is 1. The van der Waals surface area contributed by atoms with Gasteiger partial charge in [-0.15, -0.1) is 0 Å². The largest absolute Gasteiger partial charge is 0.497 e. The second-order valence-corrected chi connectivity index (χ2v) is 1.94. The number of hydrogen-bond acceptors (Lipinski definition) is 1. The second-order valence-electron chi connectivity index (χ2n) is 1.94. The first-order chi connectivity index (χ1) is 5.76. The van der Waals surface area contributed by atoms with Crippen molar-refractivity contribution < 1.29 is 4.74 Å². The molecule has 0 unspecified atom stereocenters. The number of rotatable bonds is 3. The van der Waals surface area contributed by atoms with Gasteiger partial charge in [0.05, 0.1) is 7.11 Å². The SMILES string of the molecule is C=C/C=C(C)\C(=C/C)OC.CC. The molecule has 0 radical (unpaired) electrons. The Kier molecular flexibility index (Phi) is 11.4. The van der Waals surface area contributed by atoms with Crippen LogP contribution in [0.15, 0.2) is 36.1 Å². The van der Waals surface area contributed by atoms with Crippen LogP contribution in [0.3, 0.4) is 0 Å². The van der Waals surface area contributed by atoms with Crippen molar-refractivity contribution in [3.8, 4) is 0 Å². The Hall–Kier alpha value is -0.980. The van der Waals surface area contributed by atoms with E-state index in [2.05, 4.69) is 6.58 Å². The summed E-state index contributed by atoms with van der Waals surface area (Å²) >= 11 is 0. The molecule has 12 heavy (non-hydrogen) atoms. The van der Waals surface area contributed by atoms with E-state index >= 15 is 0 Å². The van der Waals surface area contributed by atoms with Gasteiger partial charge in [0.1, 0.15) is 5.76 Å². The minimum absolute atomic E-state index is 0.903. The Morgan fingerprint density at radius 1 is 1.33 bits per heavy atom. The van der Waals surface area contributed by atoms with Gasteiger partial charge in [0.25, 0.3) is 0 Å². The maximum atomic E-state index is 5.06. The van der Waals surface area contributed by atoms with Crippen molar-refractivity contribution in [3.63, 3.8) is 0 Å². The van der Waals surface area contributed by atoms with Crippen molar-refractivity contribution in [1.82, 2.24) is 0 Å². The molecule has 0 aliphatic heterocycles. The van der Waals surface area contributed by atoms with E-state index in [4.69, 9.17) is 4.74 Å². The van der Waals surface area contributed by atoms with Crippen molar-refractivity contribution in [3.05, 3.63) is 36.1 Å². The van der Waals surface area contributed by atoms with Crippen LogP contribution in [0.5, 0.6) is 0 Å². The fourth-order valence-corrected chi connectivity index (χ4v) is 0.765. The highest BCUT2D eigenvalue weighted by molar-refractivity contribution is 5.26. The third-order valence-corrected chi connectivity index (χ3v) is 1.24. The fourth-order valence-electron chi connectivity index (χ4n) is 0.765. The van der Waals surface area contributed by atoms with Crippen LogP contribution < -0.4 is 0 Å². The molecule has 0 saturated heterocycles. The fraction of sp³-hybridized carbons (Fsp3) is 0.455. The van der Waals surface area contributed by atoms with Crippen molar-refractivity contribution >= 4 is 0 Å². The minimum atomic E-state index is 0.903. The van der Waals surface area contributed by atoms with Crippen molar-refractivity contribution in [1.29, 1.82) is 0 Å². The average Bonchev–Trinajstić information content (AvgIpc) is 2.11. The van der Waals surface area contributed by atoms with Crippen LogP contribution in [-0.4, -0.2) is 7.11 Å². The van der Waals surface area contributed by atoms with Crippen LogP contribution >= 0.6 is 0 Å². The van der Waals surface area contributed by atoms with E-state index in [0.717, 1.165) is 11.3 Å². The molecule has 0 atom stereocenters. The van der Waals surface area contributed by atoms with Crippen molar-refractivity contribution in [2.45, 2.75) is 27.7 Å². The van der Waals surface area contributed by atoms with E-state index in [1.165, 1.54) is 0 Å². The first-order valence-electron chi connectivity index (χ1n) is 4.26. The van der Waals surface area contributed by atoms with Crippen LogP contribution in [-0.2, 0) is 4.74 Å². The summed E-state index contributed by atoms with van der Waals surface area (Å²) in [5.41, 5.74) is 1.10. The standard InChI is InChI=1S/C9H14O.C2H6/c1-5-7-8(3)9(6-2)10-4;1-2/h5-7H,1H2,2-4H3;1-2H3/b8-7-,9-6+;. The van der Waals surface area contributed by atoms with Crippen LogP contribution in [0.4, 0.5) is 0 Å². The lowest BCUT2D eigenvalue weighted by Crippen LogP contribution is -1.86. The Bertz CT molecular complexity index is 164. The molecule has 0 spiro atoms. The molecule has 0 aromatic rings. The van der Waals surface area contributed by atoms with Crippen LogP contribution in [0, 0.1) is 0 Å². The molecule has 0 saturated carbocycles. The first kappa shape index (κ1) is 13.6. The van der Waals surface area contributed by atoms with Gasteiger partial charge < -0.3 is 4.74 Å². The van der Waals surface area contributed by atoms with Crippen LogP contribution in [0.2, 0.25) is 0 Å². The zero-order chi connectivity index (χ0) is 9.98. The normalized spacial score (nSPS) is 11.4. The summed E-state index contributed by atoms with van der Waals surface area (Å²) in [6.45, 7) is 11.5. The predicted octanol–water partition coefficient (Wildman–Crippen LogP) is 3.70. The lowest BCUT2D eigenvalue weighted by Gasteiger charge is -2.03. The quantitative estimate of drug-likeness (QED) is 0.461. The zero-order valence-electron chi connectivity index (χ0n) is 8.85. The second kappa shape index (κ2) is 10.0. The summed E-state index contributed by atoms with van der Waals surface area (Å²) in [5, 5.41) is 0. The Labute approximate surface area is 76.4 Å². The molecule has 0 aromatic carbocycles. The molecule has 0 aliphatic carbocycles. The van der Waals surface area contributed by atoms with Gasteiger partial charge in [-0.05, 0) is 25.5 Å². The predicted molar refractivity (Wildman–Crippen MR) is 56.1 cm³/mol. The minimum Gasteiger partial charge on any atom is -0.497 e. The Morgan fingerprint density at radius 2 is 1.83 bits per heavy atom. The van der Waals surface area contributed by atoms with Gasteiger partial charge in [0, 0.05) is 0 Å². The molecule has 0 aromatic heterocycles. The third-order valence-electron chi connectivity index (χ3n) is 1.24. The highest BCUT2D eigenvalue weighted by atomic mass is 16.5. The van der Waals surface area contributed by atoms with E-state index < -0.39 is 0 Å². The topological polar surface area (TPSA) is 9.23 Å². The first-order valence-corrected chi connectivity index (χ1v) is 4.26. The molecular formula is C11H20O. The van der Waals surface area contributed by atoms with Crippen molar-refractivity contribution in [2.75, 3.05) is 7.11 Å². The van der Waals surface area contributed by atoms with E-state index in [-0.39, 0.29) is 0 Å². The summed E-state index contributed by atoms with van der Waals surface area (Å²) in [5.74, 6) is 0.903. The average molecular weight is 168 g/mol.